The van der Waals surface area contributed by atoms with Gasteiger partial charge in [0.1, 0.15) is 6.04 Å². The first-order valence-corrected chi connectivity index (χ1v) is 16.7. The Morgan fingerprint density at radius 1 is 0.933 bits per heavy atom. The van der Waals surface area contributed by atoms with Crippen molar-refractivity contribution in [1.29, 1.82) is 0 Å². The number of rotatable bonds is 13. The Kier molecular flexibility index (Phi) is 12.5. The number of hydrogen-bond acceptors (Lipinski definition) is 7. The quantitative estimate of drug-likeness (QED) is 0.192. The molecule has 0 saturated carbocycles. The minimum atomic E-state index is -3.99. The summed E-state index contributed by atoms with van der Waals surface area (Å²) in [6, 6.07) is 14.0. The van der Waals surface area contributed by atoms with Gasteiger partial charge in [0.05, 0.1) is 17.8 Å². The lowest BCUT2D eigenvalue weighted by molar-refractivity contribution is -0.140. The fourth-order valence-electron chi connectivity index (χ4n) is 5.25. The van der Waals surface area contributed by atoms with Crippen LogP contribution in [0.5, 0.6) is 0 Å². The molecule has 0 unspecified atom stereocenters. The van der Waals surface area contributed by atoms with Crippen LogP contribution >= 0.6 is 0 Å². The highest BCUT2D eigenvalue weighted by Crippen LogP contribution is 2.29. The van der Waals surface area contributed by atoms with E-state index in [1.54, 1.807) is 44.4 Å². The molecule has 0 aliphatic heterocycles. The summed E-state index contributed by atoms with van der Waals surface area (Å²) in [6.45, 7) is 14.9. The minimum Gasteiger partial charge on any atom is -0.399 e. The van der Waals surface area contributed by atoms with Gasteiger partial charge in [-0.25, -0.2) is 13.1 Å². The predicted octanol–water partition coefficient (Wildman–Crippen LogP) is 3.74. The van der Waals surface area contributed by atoms with E-state index in [1.165, 1.54) is 11.8 Å². The zero-order chi connectivity index (χ0) is 34.3. The summed E-state index contributed by atoms with van der Waals surface area (Å²) >= 11 is 0. The number of nitrogen functional groups attached to an aromatic ring is 1. The molecule has 0 aliphatic carbocycles. The first-order chi connectivity index (χ1) is 20.7. The van der Waals surface area contributed by atoms with Crippen LogP contribution in [0.4, 0.5) is 5.69 Å². The third-order valence-electron chi connectivity index (χ3n) is 8.03. The van der Waals surface area contributed by atoms with Crippen LogP contribution in [-0.2, 0) is 35.6 Å². The lowest BCUT2D eigenvalue weighted by Gasteiger charge is -2.40. The number of carbonyl (C=O) groups is 3. The summed E-state index contributed by atoms with van der Waals surface area (Å²) < 4.78 is 27.5. The molecular formula is C34H51N5O5S. The molecule has 2 rings (SSSR count). The molecule has 2 aromatic rings. The van der Waals surface area contributed by atoms with Gasteiger partial charge in [-0.3, -0.25) is 14.4 Å². The number of anilines is 1. The second-order valence-corrected chi connectivity index (χ2v) is 15.3. The number of sulfonamides is 1. The average molecular weight is 642 g/mol. The summed E-state index contributed by atoms with van der Waals surface area (Å²) in [7, 11) is -0.642. The number of hydrogen-bond donors (Lipinski definition) is 4. The van der Waals surface area contributed by atoms with Crippen LogP contribution in [0.2, 0.25) is 0 Å². The van der Waals surface area contributed by atoms with Crippen molar-refractivity contribution in [2.45, 2.75) is 84.7 Å². The Labute approximate surface area is 269 Å². The third-order valence-corrected chi connectivity index (χ3v) is 9.24. The fourth-order valence-corrected chi connectivity index (χ4v) is 6.40. The molecule has 0 aliphatic rings. The molecule has 0 spiro atoms. The molecule has 0 heterocycles. The van der Waals surface area contributed by atoms with Crippen molar-refractivity contribution in [3.05, 3.63) is 77.4 Å². The van der Waals surface area contributed by atoms with Gasteiger partial charge in [0, 0.05) is 23.7 Å². The van der Waals surface area contributed by atoms with Gasteiger partial charge in [0.15, 0.2) is 0 Å². The molecule has 5 N–H and O–H groups in total. The Balaban J connectivity index is 2.29. The van der Waals surface area contributed by atoms with E-state index in [-0.39, 0.29) is 29.1 Å². The molecule has 0 saturated heterocycles. The smallest absolute Gasteiger partial charge is 0.260 e. The van der Waals surface area contributed by atoms with Crippen molar-refractivity contribution >= 4 is 33.4 Å². The Morgan fingerprint density at radius 3 is 1.98 bits per heavy atom. The van der Waals surface area contributed by atoms with Gasteiger partial charge in [0.2, 0.25) is 21.8 Å². The molecule has 10 nitrogen and oxygen atoms in total. The highest BCUT2D eigenvalue weighted by atomic mass is 32.2. The molecule has 248 valence electrons. The van der Waals surface area contributed by atoms with Crippen molar-refractivity contribution in [1.82, 2.24) is 20.3 Å². The van der Waals surface area contributed by atoms with Crippen LogP contribution in [0.15, 0.2) is 66.2 Å². The number of likely N-dealkylation sites (N-methyl/N-ethyl adjacent to an activating group) is 2. The van der Waals surface area contributed by atoms with Crippen molar-refractivity contribution < 1.29 is 22.8 Å². The fraction of sp³-hybridized carbons (Fsp3) is 0.500. The molecule has 0 aromatic heterocycles. The molecule has 11 heteroatoms. The van der Waals surface area contributed by atoms with Gasteiger partial charge < -0.3 is 21.3 Å². The maximum Gasteiger partial charge on any atom is 0.260 e. The van der Waals surface area contributed by atoms with Crippen LogP contribution in [0, 0.1) is 11.3 Å². The highest BCUT2D eigenvalue weighted by Gasteiger charge is 2.41. The second-order valence-electron chi connectivity index (χ2n) is 13.6. The van der Waals surface area contributed by atoms with Gasteiger partial charge in [-0.15, -0.1) is 0 Å². The summed E-state index contributed by atoms with van der Waals surface area (Å²) in [5, 5.41) is 6.15. The largest absolute Gasteiger partial charge is 0.399 e. The summed E-state index contributed by atoms with van der Waals surface area (Å²) in [5.41, 5.74) is 6.55. The van der Waals surface area contributed by atoms with E-state index in [2.05, 4.69) is 15.4 Å². The van der Waals surface area contributed by atoms with Gasteiger partial charge in [-0.05, 0) is 48.6 Å². The molecule has 3 amide bonds. The van der Waals surface area contributed by atoms with Crippen LogP contribution in [0.1, 0.15) is 66.5 Å². The highest BCUT2D eigenvalue weighted by molar-refractivity contribution is 7.89. The van der Waals surface area contributed by atoms with Gasteiger partial charge in [-0.2, -0.15) is 0 Å². The molecule has 0 fully saturated rings. The van der Waals surface area contributed by atoms with E-state index in [0.717, 1.165) is 5.56 Å². The average Bonchev–Trinajstić information content (AvgIpc) is 2.94. The van der Waals surface area contributed by atoms with E-state index in [4.69, 9.17) is 5.73 Å². The lowest BCUT2D eigenvalue weighted by Crippen LogP contribution is -2.61. The normalized spacial score (nSPS) is 14.8. The number of nitrogens with two attached hydrogens (primary N) is 1. The van der Waals surface area contributed by atoms with E-state index >= 15 is 0 Å². The van der Waals surface area contributed by atoms with Crippen molar-refractivity contribution in [2.24, 2.45) is 11.3 Å². The first-order valence-electron chi connectivity index (χ1n) is 15.1. The van der Waals surface area contributed by atoms with Gasteiger partial charge in [-0.1, -0.05) is 97.0 Å². The number of carbonyl (C=O) groups excluding carboxylic acids is 3. The maximum absolute atomic E-state index is 14.1. The molecule has 3 atom stereocenters. The molecule has 45 heavy (non-hydrogen) atoms. The van der Waals surface area contributed by atoms with Crippen molar-refractivity contribution in [3.8, 4) is 0 Å². The Morgan fingerprint density at radius 2 is 1.49 bits per heavy atom. The number of amides is 3. The van der Waals surface area contributed by atoms with Crippen LogP contribution in [0.25, 0.3) is 0 Å². The van der Waals surface area contributed by atoms with Gasteiger partial charge in [0.25, 0.3) is 5.91 Å². The molecular weight excluding hydrogens is 590 g/mol. The number of nitrogens with one attached hydrogen (secondary N) is 3. The van der Waals surface area contributed by atoms with Gasteiger partial charge >= 0.3 is 0 Å². The zero-order valence-corrected chi connectivity index (χ0v) is 29.1. The molecule has 0 radical (unpaired) electrons. The first kappa shape index (κ1) is 37.5. The maximum atomic E-state index is 14.1. The second kappa shape index (κ2) is 15.1. The van der Waals surface area contributed by atoms with E-state index in [0.29, 0.717) is 11.3 Å². The monoisotopic (exact) mass is 641 g/mol. The van der Waals surface area contributed by atoms with Crippen LogP contribution in [0.3, 0.4) is 0 Å². The summed E-state index contributed by atoms with van der Waals surface area (Å²) in [4.78, 5) is 42.3. The third kappa shape index (κ3) is 10.2. The van der Waals surface area contributed by atoms with E-state index < -0.39 is 44.9 Å². The SMILES string of the molecule is CN[C@H](C(=O)N[C@H](C(=O)N(C)[C@H](C=C(C)C(=O)NS(=O)(=O)Cc1ccc(N)cc1)C(C)C)C(C)(C)C)C(C)(C)c1ccccc1. The van der Waals surface area contributed by atoms with Crippen molar-refractivity contribution in [3.63, 3.8) is 0 Å². The predicted molar refractivity (Wildman–Crippen MR) is 180 cm³/mol. The number of benzene rings is 2. The summed E-state index contributed by atoms with van der Waals surface area (Å²) in [6.07, 6.45) is 1.59. The minimum absolute atomic E-state index is 0.133. The summed E-state index contributed by atoms with van der Waals surface area (Å²) in [5.74, 6) is -1.95. The van der Waals surface area contributed by atoms with E-state index in [1.807, 2.05) is 78.8 Å². The Bertz CT molecular complexity index is 1460. The molecule has 0 bridgehead atoms. The number of nitrogens with zero attached hydrogens (tertiary/aromatic N) is 1. The van der Waals surface area contributed by atoms with Crippen LogP contribution < -0.4 is 21.1 Å². The topological polar surface area (TPSA) is 151 Å². The standard InChI is InChI=1S/C34H51N5O5S/c1-22(2)27(20-23(3)30(40)38-45(43,44)21-24-16-18-26(35)19-17-24)39(10)32(42)29(33(4,5)6)37-31(41)28(36-9)34(7,8)25-14-12-11-13-15-25/h11-20,22,27-29,36H,21,35H2,1-10H3,(H,37,41)(H,38,40)/t27-,28-,29-/m1/s1. The lowest BCUT2D eigenvalue weighted by atomic mass is 9.76. The van der Waals surface area contributed by atoms with Crippen molar-refractivity contribution in [2.75, 3.05) is 19.8 Å². The Hall–Kier alpha value is -3.70. The van der Waals surface area contributed by atoms with E-state index in [9.17, 15) is 22.8 Å². The zero-order valence-electron chi connectivity index (χ0n) is 28.3. The van der Waals surface area contributed by atoms with Crippen LogP contribution in [-0.4, -0.2) is 63.3 Å². The molecule has 2 aromatic carbocycles.